The van der Waals surface area contributed by atoms with Gasteiger partial charge >= 0.3 is 43.2 Å². The summed E-state index contributed by atoms with van der Waals surface area (Å²) in [6.45, 7) is 0. The summed E-state index contributed by atoms with van der Waals surface area (Å²) in [6.07, 6.45) is -7.18. The van der Waals surface area contributed by atoms with Gasteiger partial charge in [0.1, 0.15) is 0 Å². The van der Waals surface area contributed by atoms with Gasteiger partial charge in [-0.15, -0.1) is 0 Å². The first kappa shape index (κ1) is 22.0. The van der Waals surface area contributed by atoms with Gasteiger partial charge in [-0.3, -0.25) is 0 Å². The first-order valence-electron chi connectivity index (χ1n) is 5.27. The van der Waals surface area contributed by atoms with Crippen LogP contribution in [0.4, 0.5) is 61.5 Å². The van der Waals surface area contributed by atoms with E-state index in [1.807, 2.05) is 0 Å². The molecule has 1 aromatic carbocycles. The fourth-order valence-corrected chi connectivity index (χ4v) is 3.50. The van der Waals surface area contributed by atoms with Crippen LogP contribution < -0.4 is 21.2 Å². The summed E-state index contributed by atoms with van der Waals surface area (Å²) >= 11 is -4.57. The molecule has 0 nitrogen and oxygen atoms in total. The average molecular weight is 513 g/mol. The molecule has 0 atom stereocenters. The fraction of sp³-hybridized carbons (Fsp3) is 0.400. The monoisotopic (exact) mass is 513 g/mol. The van der Waals surface area contributed by atoms with Crippen molar-refractivity contribution in [2.75, 3.05) is 0 Å². The highest BCUT2D eigenvalue weighted by molar-refractivity contribution is 5.12. The van der Waals surface area contributed by atoms with Crippen LogP contribution in [0.15, 0.2) is 0 Å². The minimum Gasteiger partial charge on any atom is -0.200 e. The van der Waals surface area contributed by atoms with Gasteiger partial charge in [0.2, 0.25) is 29.1 Å². The fourth-order valence-electron chi connectivity index (χ4n) is 1.20. The predicted octanol–water partition coefficient (Wildman–Crippen LogP) is 2.07. The Labute approximate surface area is 138 Å². The minimum atomic E-state index is -7.34. The third-order valence-corrected chi connectivity index (χ3v) is 5.32. The van der Waals surface area contributed by atoms with E-state index >= 15 is 0 Å². The second-order valence-electron chi connectivity index (χ2n) is 4.12. The molecule has 1 aromatic rings. The topological polar surface area (TPSA) is 0 Å². The van der Waals surface area contributed by atoms with Gasteiger partial charge in [-0.05, 0) is 0 Å². The molecule has 0 amide bonds. The molecule has 1 rings (SSSR count). The summed E-state index contributed by atoms with van der Waals surface area (Å²) in [7, 11) is 0. The SMILES string of the molecule is Fc1c(F)c(F)c([I+]C(F)(F)C(F)(F)C(F)(F)C(F)(F)F)c(F)c1F. The maximum Gasteiger partial charge on any atom is 0.517 e. The van der Waals surface area contributed by atoms with Crippen LogP contribution in [0.3, 0.4) is 0 Å². The van der Waals surface area contributed by atoms with Gasteiger partial charge in [-0.2, -0.15) is 48.3 Å². The molecule has 0 aliphatic rings. The van der Waals surface area contributed by atoms with Crippen molar-refractivity contribution in [3.63, 3.8) is 0 Å². The van der Waals surface area contributed by atoms with Crippen molar-refractivity contribution >= 4 is 0 Å². The Hall–Kier alpha value is -1.03. The van der Waals surface area contributed by atoms with Gasteiger partial charge < -0.3 is 0 Å². The van der Waals surface area contributed by atoms with E-state index in [9.17, 15) is 61.5 Å². The van der Waals surface area contributed by atoms with Crippen molar-refractivity contribution < 1.29 is 82.7 Å². The lowest BCUT2D eigenvalue weighted by molar-refractivity contribution is -0.794. The Morgan fingerprint density at radius 1 is 0.480 bits per heavy atom. The van der Waals surface area contributed by atoms with Crippen LogP contribution in [-0.4, -0.2) is 22.0 Å². The highest BCUT2D eigenvalue weighted by Gasteiger charge is 2.87. The zero-order chi connectivity index (χ0) is 20.2. The average Bonchev–Trinajstić information content (AvgIpc) is 2.46. The molecule has 0 heterocycles. The molecule has 0 fully saturated rings. The number of halogens is 15. The Morgan fingerprint density at radius 3 is 1.12 bits per heavy atom. The molecule has 0 saturated carbocycles. The quantitative estimate of drug-likeness (QED) is 0.190. The first-order valence-corrected chi connectivity index (χ1v) is 7.43. The van der Waals surface area contributed by atoms with Crippen molar-refractivity contribution in [1.82, 2.24) is 0 Å². The third kappa shape index (κ3) is 3.34. The predicted molar refractivity (Wildman–Crippen MR) is 45.8 cm³/mol. The van der Waals surface area contributed by atoms with Gasteiger partial charge in [-0.1, -0.05) is 0 Å². The van der Waals surface area contributed by atoms with Gasteiger partial charge in [-0.25, -0.2) is 13.2 Å². The molecule has 15 heteroatoms. The molecule has 0 unspecified atom stereocenters. The van der Waals surface area contributed by atoms with Crippen LogP contribution in [-0.2, 0) is 0 Å². The van der Waals surface area contributed by atoms with E-state index in [0.717, 1.165) is 0 Å². The van der Waals surface area contributed by atoms with Crippen molar-refractivity contribution in [1.29, 1.82) is 0 Å². The number of hydrogen-bond donors (Lipinski definition) is 0. The summed E-state index contributed by atoms with van der Waals surface area (Å²) in [5.41, 5.74) is 0. The normalized spacial score (nSPS) is 14.2. The molecule has 0 aliphatic heterocycles. The van der Waals surface area contributed by atoms with Crippen LogP contribution in [0.25, 0.3) is 0 Å². The highest BCUT2D eigenvalue weighted by atomic mass is 127. The van der Waals surface area contributed by atoms with Gasteiger partial charge in [0.05, 0.1) is 0 Å². The van der Waals surface area contributed by atoms with Gasteiger partial charge in [0.15, 0.2) is 0 Å². The zero-order valence-corrected chi connectivity index (χ0v) is 12.8. The standard InChI is InChI=1S/C10F14I/c11-1-2(12)4(14)6(5(15)3(1)13)25-10(23,24)8(18,19)7(16,17)9(20,21)22/q+1. The van der Waals surface area contributed by atoms with Crippen molar-refractivity contribution in [3.8, 4) is 0 Å². The van der Waals surface area contributed by atoms with Crippen LogP contribution in [0, 0.1) is 32.7 Å². The maximum absolute atomic E-state index is 13.3. The number of rotatable bonds is 4. The van der Waals surface area contributed by atoms with Gasteiger partial charge in [0.25, 0.3) is 3.57 Å². The maximum atomic E-state index is 13.3. The van der Waals surface area contributed by atoms with E-state index < -0.39 is 75.8 Å². The van der Waals surface area contributed by atoms with Crippen molar-refractivity contribution in [2.45, 2.75) is 22.0 Å². The smallest absolute Gasteiger partial charge is 0.200 e. The molecule has 0 spiro atoms. The summed E-state index contributed by atoms with van der Waals surface area (Å²) in [6, 6.07) is 0. The van der Waals surface area contributed by atoms with E-state index in [0.29, 0.717) is 0 Å². The molecule has 0 saturated heterocycles. The lowest BCUT2D eigenvalue weighted by Crippen LogP contribution is -3.68. The van der Waals surface area contributed by atoms with E-state index in [1.165, 1.54) is 0 Å². The molecule has 0 N–H and O–H groups in total. The second kappa shape index (κ2) is 6.29. The van der Waals surface area contributed by atoms with E-state index in [2.05, 4.69) is 0 Å². The summed E-state index contributed by atoms with van der Waals surface area (Å²) in [5.74, 6) is -29.2. The number of alkyl halides is 10. The van der Waals surface area contributed by atoms with E-state index in [4.69, 9.17) is 0 Å². The third-order valence-electron chi connectivity index (χ3n) is 2.48. The molecule has 0 radical (unpaired) electrons. The molecular formula is C10F14I+. The Balaban J connectivity index is 3.49. The molecule has 0 aliphatic carbocycles. The molecule has 144 valence electrons. The van der Waals surface area contributed by atoms with Crippen molar-refractivity contribution in [3.05, 3.63) is 32.7 Å². The van der Waals surface area contributed by atoms with E-state index in [-0.39, 0.29) is 0 Å². The minimum absolute atomic E-state index is 2.57. The molecule has 0 aromatic heterocycles. The molecule has 25 heavy (non-hydrogen) atoms. The highest BCUT2D eigenvalue weighted by Crippen LogP contribution is 2.50. The number of hydrogen-bond acceptors (Lipinski definition) is 0. The number of benzene rings is 1. The second-order valence-corrected chi connectivity index (χ2v) is 7.10. The van der Waals surface area contributed by atoms with Crippen LogP contribution in [0.5, 0.6) is 0 Å². The molecule has 0 bridgehead atoms. The Kier molecular flexibility index (Phi) is 5.54. The van der Waals surface area contributed by atoms with E-state index in [1.54, 1.807) is 0 Å². The van der Waals surface area contributed by atoms with Crippen molar-refractivity contribution in [2.24, 2.45) is 0 Å². The van der Waals surface area contributed by atoms with Crippen LogP contribution in [0.1, 0.15) is 0 Å². The lowest BCUT2D eigenvalue weighted by Gasteiger charge is -2.28. The lowest BCUT2D eigenvalue weighted by atomic mass is 10.2. The molecular weight excluding hydrogens is 513 g/mol. The Bertz CT molecular complexity index is 646. The summed E-state index contributed by atoms with van der Waals surface area (Å²) in [5, 5.41) is 0. The summed E-state index contributed by atoms with van der Waals surface area (Å²) in [4.78, 5) is 0. The summed E-state index contributed by atoms with van der Waals surface area (Å²) < 4.78 is 169. The van der Waals surface area contributed by atoms with Crippen LogP contribution in [0.2, 0.25) is 0 Å². The Morgan fingerprint density at radius 2 is 0.800 bits per heavy atom. The van der Waals surface area contributed by atoms with Crippen LogP contribution >= 0.6 is 0 Å². The zero-order valence-electron chi connectivity index (χ0n) is 10.7. The largest absolute Gasteiger partial charge is 0.517 e. The first-order chi connectivity index (χ1) is 10.9. The van der Waals surface area contributed by atoms with Gasteiger partial charge in [0, 0.05) is 0 Å².